The second-order valence-corrected chi connectivity index (χ2v) is 8.96. The Bertz CT molecular complexity index is 998. The number of anilines is 1. The Morgan fingerprint density at radius 1 is 1.09 bits per heavy atom. The number of carbonyl (C=O) groups is 1. The molecule has 0 unspecified atom stereocenters. The molecule has 2 N–H and O–H groups in total. The number of carbonyl (C=O) groups excluding carboxylic acids is 1. The van der Waals surface area contributed by atoms with Crippen LogP contribution in [-0.4, -0.2) is 71.8 Å². The Kier molecular flexibility index (Phi) is 7.95. The molecule has 2 aromatic heterocycles. The molecule has 9 nitrogen and oxygen atoms in total. The molecule has 4 heterocycles. The highest BCUT2D eigenvalue weighted by Gasteiger charge is 2.33. The number of amides is 1. The Labute approximate surface area is 200 Å². The first-order valence-corrected chi connectivity index (χ1v) is 11.9. The van der Waals surface area contributed by atoms with E-state index in [0.717, 1.165) is 69.8 Å². The van der Waals surface area contributed by atoms with E-state index in [0.29, 0.717) is 11.7 Å². The zero-order chi connectivity index (χ0) is 23.9. The lowest BCUT2D eigenvalue weighted by atomic mass is 9.88. The molecule has 0 atom stereocenters. The number of aromatic nitrogens is 2. The summed E-state index contributed by atoms with van der Waals surface area (Å²) in [4.78, 5) is 31.3. The van der Waals surface area contributed by atoms with Crippen LogP contribution in [0.1, 0.15) is 36.9 Å². The monoisotopic (exact) mass is 466 g/mol. The van der Waals surface area contributed by atoms with Crippen LogP contribution in [0.2, 0.25) is 0 Å². The van der Waals surface area contributed by atoms with Gasteiger partial charge in [-0.15, -0.1) is 0 Å². The summed E-state index contributed by atoms with van der Waals surface area (Å²) in [6.45, 7) is 4.14. The highest BCUT2D eigenvalue weighted by atomic mass is 16.6. The summed E-state index contributed by atoms with van der Waals surface area (Å²) in [5.41, 5.74) is 8.54. The number of likely N-dealkylation sites (tertiary alicyclic amines) is 2. The Balaban J connectivity index is 1.29. The quantitative estimate of drug-likeness (QED) is 0.494. The van der Waals surface area contributed by atoms with Gasteiger partial charge in [-0.1, -0.05) is 11.2 Å². The molecule has 0 bridgehead atoms. The van der Waals surface area contributed by atoms with Crippen LogP contribution in [-0.2, 0) is 16.2 Å². The van der Waals surface area contributed by atoms with Crippen molar-refractivity contribution in [3.63, 3.8) is 0 Å². The van der Waals surface area contributed by atoms with E-state index in [9.17, 15) is 4.79 Å². The van der Waals surface area contributed by atoms with E-state index in [1.165, 1.54) is 5.56 Å². The molecule has 2 fully saturated rings. The van der Waals surface area contributed by atoms with Gasteiger partial charge in [-0.05, 0) is 62.5 Å². The normalized spacial score (nSPS) is 18.6. The summed E-state index contributed by atoms with van der Waals surface area (Å²) in [5, 5.41) is 4.28. The molecule has 4 rings (SSSR count). The van der Waals surface area contributed by atoms with Crippen molar-refractivity contribution in [2.24, 2.45) is 17.0 Å². The molecular weight excluding hydrogens is 432 g/mol. The van der Waals surface area contributed by atoms with Gasteiger partial charge in [0, 0.05) is 43.7 Å². The van der Waals surface area contributed by atoms with Gasteiger partial charge in [0.05, 0.1) is 12.8 Å². The molecule has 34 heavy (non-hydrogen) atoms. The number of ether oxygens (including phenoxy) is 1. The van der Waals surface area contributed by atoms with Gasteiger partial charge in [-0.25, -0.2) is 9.97 Å². The zero-order valence-corrected chi connectivity index (χ0v) is 20.0. The number of piperidine rings is 2. The summed E-state index contributed by atoms with van der Waals surface area (Å²) < 4.78 is 5.26. The number of nitrogen functional groups attached to an aromatic ring is 1. The fourth-order valence-corrected chi connectivity index (χ4v) is 4.92. The minimum Gasteiger partial charge on any atom is -0.481 e. The van der Waals surface area contributed by atoms with Crippen molar-refractivity contribution >= 4 is 17.4 Å². The lowest BCUT2D eigenvalue weighted by Crippen LogP contribution is -2.46. The van der Waals surface area contributed by atoms with Crippen molar-refractivity contribution in [3.8, 4) is 5.88 Å². The van der Waals surface area contributed by atoms with Gasteiger partial charge in [0.2, 0.25) is 11.8 Å². The minimum absolute atomic E-state index is 0.0995. The van der Waals surface area contributed by atoms with Crippen LogP contribution in [0.5, 0.6) is 5.88 Å². The van der Waals surface area contributed by atoms with Crippen molar-refractivity contribution < 1.29 is 14.4 Å². The molecular formula is C25H34N6O3. The second kappa shape index (κ2) is 11.3. The molecule has 2 aliphatic rings. The number of methoxy groups -OCH3 is 1. The summed E-state index contributed by atoms with van der Waals surface area (Å²) in [6.07, 6.45) is 5.22. The van der Waals surface area contributed by atoms with Gasteiger partial charge in [0.1, 0.15) is 18.6 Å². The van der Waals surface area contributed by atoms with E-state index in [1.54, 1.807) is 20.4 Å². The van der Waals surface area contributed by atoms with Crippen molar-refractivity contribution in [2.45, 2.75) is 32.2 Å². The first-order valence-electron chi connectivity index (χ1n) is 11.9. The lowest BCUT2D eigenvalue weighted by molar-refractivity contribution is -0.138. The number of oxime groups is 1. The SMILES string of the molecule is CO/N=C(/c1cccc(OC)n1)C1CCN(C(=O)C2CCN(Cc3ccnc(N)c3)CC2)CC1. The van der Waals surface area contributed by atoms with E-state index in [4.69, 9.17) is 15.3 Å². The van der Waals surface area contributed by atoms with Crippen LogP contribution in [0.4, 0.5) is 5.82 Å². The number of nitrogens with zero attached hydrogens (tertiary/aromatic N) is 5. The fourth-order valence-electron chi connectivity index (χ4n) is 4.92. The van der Waals surface area contributed by atoms with E-state index in [2.05, 4.69) is 20.0 Å². The average molecular weight is 467 g/mol. The Hall–Kier alpha value is -3.20. The van der Waals surface area contributed by atoms with Gasteiger partial charge in [0.15, 0.2) is 0 Å². The summed E-state index contributed by atoms with van der Waals surface area (Å²) in [5.74, 6) is 1.68. The third-order valence-corrected chi connectivity index (χ3v) is 6.77. The number of pyridine rings is 2. The number of nitrogens with two attached hydrogens (primary N) is 1. The molecule has 0 spiro atoms. The average Bonchev–Trinajstić information content (AvgIpc) is 2.87. The summed E-state index contributed by atoms with van der Waals surface area (Å²) in [6, 6.07) is 9.56. The van der Waals surface area contributed by atoms with Crippen LogP contribution in [0.3, 0.4) is 0 Å². The first-order chi connectivity index (χ1) is 16.6. The Morgan fingerprint density at radius 3 is 2.50 bits per heavy atom. The smallest absolute Gasteiger partial charge is 0.225 e. The van der Waals surface area contributed by atoms with E-state index in [1.807, 2.05) is 35.2 Å². The molecule has 9 heteroatoms. The molecule has 0 radical (unpaired) electrons. The van der Waals surface area contributed by atoms with Gasteiger partial charge in [0.25, 0.3) is 0 Å². The maximum atomic E-state index is 13.2. The van der Waals surface area contributed by atoms with Crippen LogP contribution in [0.15, 0.2) is 41.7 Å². The number of hydrogen-bond donors (Lipinski definition) is 1. The Morgan fingerprint density at radius 2 is 1.82 bits per heavy atom. The third kappa shape index (κ3) is 5.83. The van der Waals surface area contributed by atoms with Crippen molar-refractivity contribution in [3.05, 3.63) is 47.8 Å². The van der Waals surface area contributed by atoms with Crippen LogP contribution in [0.25, 0.3) is 0 Å². The zero-order valence-electron chi connectivity index (χ0n) is 20.0. The molecule has 1 amide bonds. The van der Waals surface area contributed by atoms with Crippen molar-refractivity contribution in [1.82, 2.24) is 19.8 Å². The minimum atomic E-state index is 0.0995. The highest BCUT2D eigenvalue weighted by molar-refractivity contribution is 6.00. The van der Waals surface area contributed by atoms with E-state index < -0.39 is 0 Å². The molecule has 0 saturated carbocycles. The maximum absolute atomic E-state index is 13.2. The van der Waals surface area contributed by atoms with Gasteiger partial charge in [-0.3, -0.25) is 9.69 Å². The number of hydrogen-bond acceptors (Lipinski definition) is 8. The van der Waals surface area contributed by atoms with Crippen LogP contribution >= 0.6 is 0 Å². The molecule has 0 aromatic carbocycles. The topological polar surface area (TPSA) is 106 Å². The largest absolute Gasteiger partial charge is 0.481 e. The second-order valence-electron chi connectivity index (χ2n) is 8.96. The number of rotatable bonds is 7. The lowest BCUT2D eigenvalue weighted by Gasteiger charge is -2.37. The molecule has 2 aromatic rings. The fraction of sp³-hybridized carbons (Fsp3) is 0.520. The van der Waals surface area contributed by atoms with Crippen LogP contribution < -0.4 is 10.5 Å². The van der Waals surface area contributed by atoms with Gasteiger partial charge >= 0.3 is 0 Å². The molecule has 182 valence electrons. The predicted molar refractivity (Wildman–Crippen MR) is 130 cm³/mol. The third-order valence-electron chi connectivity index (χ3n) is 6.77. The predicted octanol–water partition coefficient (Wildman–Crippen LogP) is 2.57. The molecule has 0 aliphatic carbocycles. The highest BCUT2D eigenvalue weighted by Crippen LogP contribution is 2.27. The summed E-state index contributed by atoms with van der Waals surface area (Å²) in [7, 11) is 3.15. The van der Waals surface area contributed by atoms with Crippen molar-refractivity contribution in [1.29, 1.82) is 0 Å². The van der Waals surface area contributed by atoms with Crippen molar-refractivity contribution in [2.75, 3.05) is 46.1 Å². The van der Waals surface area contributed by atoms with Gasteiger partial charge < -0.3 is 20.2 Å². The van der Waals surface area contributed by atoms with E-state index in [-0.39, 0.29) is 17.7 Å². The standard InChI is InChI=1S/C25H34N6O3/c1-33-23-5-3-4-21(28-23)24(29-34-2)19-9-14-31(15-10-19)25(32)20-7-12-30(13-8-20)17-18-6-11-27-22(26)16-18/h3-6,11,16,19-20H,7-10,12-15,17H2,1-2H3,(H2,26,27)/b29-24+. The summed E-state index contributed by atoms with van der Waals surface area (Å²) >= 11 is 0. The first kappa shape index (κ1) is 23.9. The van der Waals surface area contributed by atoms with Gasteiger partial charge in [-0.2, -0.15) is 0 Å². The molecule has 2 saturated heterocycles. The molecule has 2 aliphatic heterocycles. The van der Waals surface area contributed by atoms with Crippen LogP contribution in [0, 0.1) is 11.8 Å². The maximum Gasteiger partial charge on any atom is 0.225 e. The van der Waals surface area contributed by atoms with E-state index >= 15 is 0 Å².